The minimum absolute atomic E-state index is 0.215. The number of alkyl halides is 3. The predicted octanol–water partition coefficient (Wildman–Crippen LogP) is 1.95. The molecule has 6 heteroatoms. The molecule has 0 unspecified atom stereocenters. The van der Waals surface area contributed by atoms with Gasteiger partial charge >= 0.3 is 6.18 Å². The van der Waals surface area contributed by atoms with E-state index in [1.807, 2.05) is 0 Å². The maximum Gasteiger partial charge on any atom is 0.433 e. The van der Waals surface area contributed by atoms with Crippen molar-refractivity contribution < 1.29 is 13.2 Å². The van der Waals surface area contributed by atoms with Crippen molar-refractivity contribution in [1.29, 1.82) is 0 Å². The molecule has 2 aromatic heterocycles. The van der Waals surface area contributed by atoms with Crippen molar-refractivity contribution >= 4 is 5.52 Å². The zero-order valence-electron chi connectivity index (χ0n) is 7.72. The monoisotopic (exact) mass is 216 g/mol. The van der Waals surface area contributed by atoms with E-state index in [1.54, 1.807) is 6.92 Å². The highest BCUT2D eigenvalue weighted by atomic mass is 19.4. The number of nitrogens with one attached hydrogen (secondary N) is 1. The van der Waals surface area contributed by atoms with Gasteiger partial charge in [0.25, 0.3) is 0 Å². The van der Waals surface area contributed by atoms with E-state index < -0.39 is 17.3 Å². The van der Waals surface area contributed by atoms with Crippen LogP contribution in [0.4, 0.5) is 13.2 Å². The van der Waals surface area contributed by atoms with Gasteiger partial charge in [0.05, 0.1) is 5.52 Å². The molecule has 1 N–H and O–H groups in total. The molecule has 0 fully saturated rings. The van der Waals surface area contributed by atoms with Crippen molar-refractivity contribution in [3.05, 3.63) is 39.8 Å². The number of aryl methyl sites for hydroxylation is 1. The van der Waals surface area contributed by atoms with Gasteiger partial charge in [-0.15, -0.1) is 0 Å². The maximum absolute atomic E-state index is 12.5. The van der Waals surface area contributed by atoms with Crippen LogP contribution in [0, 0.1) is 6.92 Å². The maximum atomic E-state index is 12.5. The highest BCUT2D eigenvalue weighted by Crippen LogP contribution is 2.28. The molecular weight excluding hydrogens is 209 g/mol. The molecule has 0 aliphatic carbocycles. The van der Waals surface area contributed by atoms with Crippen LogP contribution in [-0.2, 0) is 6.18 Å². The van der Waals surface area contributed by atoms with Crippen LogP contribution in [0.15, 0.2) is 23.0 Å². The molecule has 3 nitrogen and oxygen atoms in total. The molecule has 0 aliphatic rings. The first-order valence-corrected chi connectivity index (χ1v) is 4.17. The van der Waals surface area contributed by atoms with Crippen LogP contribution in [0.3, 0.4) is 0 Å². The summed E-state index contributed by atoms with van der Waals surface area (Å²) in [6.45, 7) is 1.62. The third-order valence-corrected chi connectivity index (χ3v) is 2.01. The van der Waals surface area contributed by atoms with Gasteiger partial charge in [-0.25, -0.2) is 0 Å². The zero-order chi connectivity index (χ0) is 11.2. The van der Waals surface area contributed by atoms with Gasteiger partial charge in [0.2, 0.25) is 0 Å². The van der Waals surface area contributed by atoms with E-state index in [9.17, 15) is 18.0 Å². The Kier molecular flexibility index (Phi) is 1.89. The van der Waals surface area contributed by atoms with E-state index in [1.165, 1.54) is 6.07 Å². The Morgan fingerprint density at radius 3 is 2.53 bits per heavy atom. The molecule has 0 amide bonds. The van der Waals surface area contributed by atoms with Crippen LogP contribution >= 0.6 is 0 Å². The summed E-state index contributed by atoms with van der Waals surface area (Å²) in [5.41, 5.74) is -0.863. The molecule has 80 valence electrons. The van der Waals surface area contributed by atoms with Gasteiger partial charge in [0.1, 0.15) is 5.69 Å². The van der Waals surface area contributed by atoms with Crippen molar-refractivity contribution in [1.82, 2.24) is 9.61 Å². The number of rotatable bonds is 0. The Morgan fingerprint density at radius 2 is 1.93 bits per heavy atom. The quantitative estimate of drug-likeness (QED) is 0.718. The molecule has 0 atom stereocenters. The van der Waals surface area contributed by atoms with Crippen molar-refractivity contribution in [2.75, 3.05) is 0 Å². The second-order valence-electron chi connectivity index (χ2n) is 3.27. The van der Waals surface area contributed by atoms with Crippen LogP contribution in [0.2, 0.25) is 0 Å². The lowest BCUT2D eigenvalue weighted by atomic mass is 10.3. The Hall–Kier alpha value is -1.72. The summed E-state index contributed by atoms with van der Waals surface area (Å²) in [7, 11) is 0. The Labute approximate surface area is 82.1 Å². The number of fused-ring (bicyclic) bond motifs is 1. The summed E-state index contributed by atoms with van der Waals surface area (Å²) in [6.07, 6.45) is -4.54. The molecule has 0 saturated heterocycles. The van der Waals surface area contributed by atoms with E-state index in [4.69, 9.17) is 0 Å². The molecule has 2 aromatic rings. The first-order valence-electron chi connectivity index (χ1n) is 4.17. The number of hydrogen-bond acceptors (Lipinski definition) is 1. The standard InChI is InChI=1S/C9H7F3N2O/c1-5-2-6-3-7(15)4-8(9(10,11)12)14(6)13-5/h2-4,13H,1H3. The van der Waals surface area contributed by atoms with Crippen LogP contribution in [0.1, 0.15) is 11.4 Å². The number of H-pyrrole nitrogens is 1. The van der Waals surface area contributed by atoms with Crippen molar-refractivity contribution in [3.8, 4) is 0 Å². The number of aromatic nitrogens is 2. The smallest absolute Gasteiger partial charge is 0.298 e. The Morgan fingerprint density at radius 1 is 1.27 bits per heavy atom. The molecular formula is C9H7F3N2O. The number of aromatic amines is 1. The third-order valence-electron chi connectivity index (χ3n) is 2.01. The summed E-state index contributed by atoms with van der Waals surface area (Å²) < 4.78 is 38.4. The fourth-order valence-electron chi connectivity index (χ4n) is 1.46. The molecule has 15 heavy (non-hydrogen) atoms. The summed E-state index contributed by atoms with van der Waals surface area (Å²) in [6, 6.07) is 3.21. The fraction of sp³-hybridized carbons (Fsp3) is 0.222. The first kappa shape index (κ1) is 9.82. The largest absolute Gasteiger partial charge is 0.433 e. The van der Waals surface area contributed by atoms with Crippen molar-refractivity contribution in [2.24, 2.45) is 0 Å². The normalized spacial score (nSPS) is 12.3. The fourth-order valence-corrected chi connectivity index (χ4v) is 1.46. The van der Waals surface area contributed by atoms with E-state index in [0.717, 1.165) is 10.6 Å². The van der Waals surface area contributed by atoms with E-state index >= 15 is 0 Å². The molecule has 0 aliphatic heterocycles. The highest BCUT2D eigenvalue weighted by Gasteiger charge is 2.34. The summed E-state index contributed by atoms with van der Waals surface area (Å²) in [4.78, 5) is 11.0. The van der Waals surface area contributed by atoms with Crippen molar-refractivity contribution in [3.63, 3.8) is 0 Å². The summed E-state index contributed by atoms with van der Waals surface area (Å²) in [5.74, 6) is 0. The Bertz CT molecular complexity index is 565. The number of pyridine rings is 1. The van der Waals surface area contributed by atoms with Gasteiger partial charge in [-0.1, -0.05) is 0 Å². The third kappa shape index (κ3) is 1.62. The van der Waals surface area contributed by atoms with Crippen LogP contribution in [-0.4, -0.2) is 9.61 Å². The van der Waals surface area contributed by atoms with E-state index in [2.05, 4.69) is 5.10 Å². The van der Waals surface area contributed by atoms with Gasteiger partial charge in [0.15, 0.2) is 5.43 Å². The molecule has 0 saturated carbocycles. The zero-order valence-corrected chi connectivity index (χ0v) is 7.72. The summed E-state index contributed by atoms with van der Waals surface area (Å²) in [5, 5.41) is 2.52. The lowest BCUT2D eigenvalue weighted by Gasteiger charge is -2.08. The summed E-state index contributed by atoms with van der Waals surface area (Å²) >= 11 is 0. The number of halogens is 3. The minimum atomic E-state index is -4.54. The highest BCUT2D eigenvalue weighted by molar-refractivity contribution is 5.48. The van der Waals surface area contributed by atoms with Crippen LogP contribution in [0.25, 0.3) is 5.52 Å². The van der Waals surface area contributed by atoms with Gasteiger partial charge in [-0.05, 0) is 13.0 Å². The lowest BCUT2D eigenvalue weighted by molar-refractivity contribution is -0.142. The van der Waals surface area contributed by atoms with Crippen molar-refractivity contribution in [2.45, 2.75) is 13.1 Å². The van der Waals surface area contributed by atoms with E-state index in [-0.39, 0.29) is 5.52 Å². The molecule has 0 aromatic carbocycles. The van der Waals surface area contributed by atoms with Gasteiger partial charge in [-0.2, -0.15) is 13.2 Å². The second-order valence-corrected chi connectivity index (χ2v) is 3.27. The first-order chi connectivity index (χ1) is 6.88. The minimum Gasteiger partial charge on any atom is -0.298 e. The van der Waals surface area contributed by atoms with Crippen LogP contribution in [0.5, 0.6) is 0 Å². The predicted molar refractivity (Wildman–Crippen MR) is 47.8 cm³/mol. The average molecular weight is 216 g/mol. The molecule has 0 radical (unpaired) electrons. The second kappa shape index (κ2) is 2.88. The van der Waals surface area contributed by atoms with E-state index in [0.29, 0.717) is 11.8 Å². The molecule has 0 spiro atoms. The van der Waals surface area contributed by atoms with Gasteiger partial charge < -0.3 is 0 Å². The van der Waals surface area contributed by atoms with Gasteiger partial charge in [0, 0.05) is 17.8 Å². The van der Waals surface area contributed by atoms with Crippen LogP contribution < -0.4 is 5.43 Å². The van der Waals surface area contributed by atoms with Gasteiger partial charge in [-0.3, -0.25) is 14.4 Å². The topological polar surface area (TPSA) is 37.3 Å². The molecule has 2 rings (SSSR count). The molecule has 0 bridgehead atoms. The number of nitrogens with zero attached hydrogens (tertiary/aromatic N) is 1. The lowest BCUT2D eigenvalue weighted by Crippen LogP contribution is -2.16. The molecule has 2 heterocycles. The SMILES string of the molecule is Cc1cc2cc(=O)cc(C(F)(F)F)n2[nH]1. The number of hydrogen-bond donors (Lipinski definition) is 1. The Balaban J connectivity index is 2.88. The average Bonchev–Trinajstić information content (AvgIpc) is 2.41.